The van der Waals surface area contributed by atoms with Gasteiger partial charge in [-0.25, -0.2) is 18.7 Å². The Kier molecular flexibility index (Phi) is 6.85. The van der Waals surface area contributed by atoms with Gasteiger partial charge in [0, 0.05) is 18.3 Å². The van der Waals surface area contributed by atoms with E-state index in [-0.39, 0.29) is 41.7 Å². The predicted octanol–water partition coefficient (Wildman–Crippen LogP) is 4.43. The number of nitrogen functional groups attached to an aromatic ring is 1. The Hall–Kier alpha value is -4.15. The molecule has 1 amide bonds. The molecule has 11 heteroatoms. The Morgan fingerprint density at radius 1 is 1.26 bits per heavy atom. The van der Waals surface area contributed by atoms with Crippen LogP contribution in [0, 0.1) is 23.5 Å². The number of rotatable bonds is 9. The summed E-state index contributed by atoms with van der Waals surface area (Å²) >= 11 is 0. The zero-order chi connectivity index (χ0) is 25.1. The molecule has 0 bridgehead atoms. The highest BCUT2D eigenvalue weighted by Gasteiger charge is 2.25. The van der Waals surface area contributed by atoms with Crippen LogP contribution < -0.4 is 15.8 Å². The highest BCUT2D eigenvalue weighted by Crippen LogP contribution is 2.40. The standard InChI is InChI=1S/C24H24F2N6O3/c1-13-18(21-22(23(27)29-12-28-21)35-8-7-32(2)31-34)10-16(25)11-20(13)30-24(33)17-6-5-15(9-19(17)26)14-3-4-14/h5-6,9-12,14H,3-4,7-8H2,1-2H3,(H,30,33)(H2,27,28,29). The van der Waals surface area contributed by atoms with Crippen molar-refractivity contribution in [2.75, 3.05) is 31.2 Å². The lowest BCUT2D eigenvalue weighted by atomic mass is 10.0. The largest absolute Gasteiger partial charge is 0.486 e. The van der Waals surface area contributed by atoms with Crippen molar-refractivity contribution in [3.05, 3.63) is 69.9 Å². The maximum atomic E-state index is 14.6. The highest BCUT2D eigenvalue weighted by atomic mass is 19.1. The molecule has 1 aliphatic carbocycles. The molecular weight excluding hydrogens is 458 g/mol. The van der Waals surface area contributed by atoms with E-state index in [1.165, 1.54) is 31.6 Å². The van der Waals surface area contributed by atoms with E-state index in [2.05, 4.69) is 20.6 Å². The smallest absolute Gasteiger partial charge is 0.258 e. The van der Waals surface area contributed by atoms with Crippen molar-refractivity contribution >= 4 is 17.4 Å². The number of benzene rings is 2. The molecule has 0 radical (unpaired) electrons. The molecule has 35 heavy (non-hydrogen) atoms. The van der Waals surface area contributed by atoms with Gasteiger partial charge in [-0.15, -0.1) is 4.91 Å². The second-order valence-electron chi connectivity index (χ2n) is 8.34. The molecular formula is C24H24F2N6O3. The van der Waals surface area contributed by atoms with Gasteiger partial charge in [-0.05, 0) is 61.1 Å². The summed E-state index contributed by atoms with van der Waals surface area (Å²) in [7, 11) is 1.48. The van der Waals surface area contributed by atoms with Crippen molar-refractivity contribution < 1.29 is 18.3 Å². The van der Waals surface area contributed by atoms with E-state index in [4.69, 9.17) is 10.5 Å². The SMILES string of the molecule is Cc1c(NC(=O)c2ccc(C3CC3)cc2F)cc(F)cc1-c1ncnc(N)c1OCCN(C)N=O. The van der Waals surface area contributed by atoms with Crippen LogP contribution in [0.25, 0.3) is 11.3 Å². The molecule has 1 saturated carbocycles. The van der Waals surface area contributed by atoms with E-state index in [1.807, 2.05) is 0 Å². The van der Waals surface area contributed by atoms with Crippen molar-refractivity contribution in [1.82, 2.24) is 15.0 Å². The molecule has 3 N–H and O–H groups in total. The van der Waals surface area contributed by atoms with Crippen LogP contribution in [-0.2, 0) is 0 Å². The summed E-state index contributed by atoms with van der Waals surface area (Å²) in [5, 5.41) is 6.49. The van der Waals surface area contributed by atoms with E-state index in [0.29, 0.717) is 17.0 Å². The maximum Gasteiger partial charge on any atom is 0.258 e. The maximum absolute atomic E-state index is 14.6. The molecule has 9 nitrogen and oxygen atoms in total. The quantitative estimate of drug-likeness (QED) is 0.342. The fourth-order valence-electron chi connectivity index (χ4n) is 3.67. The van der Waals surface area contributed by atoms with Crippen LogP contribution in [0.5, 0.6) is 5.75 Å². The van der Waals surface area contributed by atoms with E-state index < -0.39 is 17.5 Å². The summed E-state index contributed by atoms with van der Waals surface area (Å²) in [5.74, 6) is -1.52. The van der Waals surface area contributed by atoms with Crippen molar-refractivity contribution in [3.63, 3.8) is 0 Å². The van der Waals surface area contributed by atoms with Crippen molar-refractivity contribution in [2.45, 2.75) is 25.7 Å². The summed E-state index contributed by atoms with van der Waals surface area (Å²) in [6.07, 6.45) is 3.23. The lowest BCUT2D eigenvalue weighted by Crippen LogP contribution is -2.19. The van der Waals surface area contributed by atoms with Crippen LogP contribution in [0.2, 0.25) is 0 Å². The number of halogens is 2. The fraction of sp³-hybridized carbons (Fsp3) is 0.292. The van der Waals surface area contributed by atoms with Gasteiger partial charge >= 0.3 is 0 Å². The molecule has 1 aromatic heterocycles. The summed E-state index contributed by atoms with van der Waals surface area (Å²) in [6, 6.07) is 6.93. The number of nitroso groups, excluding NO2 is 1. The van der Waals surface area contributed by atoms with Crippen LogP contribution >= 0.6 is 0 Å². The minimum atomic E-state index is -0.701. The van der Waals surface area contributed by atoms with Gasteiger partial charge in [-0.3, -0.25) is 9.80 Å². The van der Waals surface area contributed by atoms with E-state index >= 15 is 0 Å². The summed E-state index contributed by atoms with van der Waals surface area (Å²) in [4.78, 5) is 31.5. The first-order valence-electron chi connectivity index (χ1n) is 11.0. The number of hydrogen-bond donors (Lipinski definition) is 2. The summed E-state index contributed by atoms with van der Waals surface area (Å²) in [6.45, 7) is 1.87. The molecule has 2 aromatic carbocycles. The first-order valence-corrected chi connectivity index (χ1v) is 11.0. The van der Waals surface area contributed by atoms with Crippen LogP contribution in [0.1, 0.15) is 40.2 Å². The van der Waals surface area contributed by atoms with E-state index in [1.54, 1.807) is 13.0 Å². The summed E-state index contributed by atoms with van der Waals surface area (Å²) in [5.41, 5.74) is 7.80. The number of amides is 1. The number of likely N-dealkylation sites (N-methyl/N-ethyl adjacent to an activating group) is 1. The van der Waals surface area contributed by atoms with Crippen molar-refractivity contribution in [2.24, 2.45) is 5.29 Å². The Morgan fingerprint density at radius 3 is 2.71 bits per heavy atom. The Bertz CT molecular complexity index is 1280. The van der Waals surface area contributed by atoms with Gasteiger partial charge in [0.15, 0.2) is 11.6 Å². The number of nitrogens with one attached hydrogen (secondary N) is 1. The molecule has 0 atom stereocenters. The second-order valence-corrected chi connectivity index (χ2v) is 8.34. The van der Waals surface area contributed by atoms with Crippen LogP contribution in [0.15, 0.2) is 41.9 Å². The van der Waals surface area contributed by atoms with Crippen LogP contribution in [0.4, 0.5) is 20.3 Å². The molecule has 0 unspecified atom stereocenters. The van der Waals surface area contributed by atoms with E-state index in [9.17, 15) is 18.5 Å². The number of ether oxygens (including phenoxy) is 1. The van der Waals surface area contributed by atoms with Gasteiger partial charge in [0.05, 0.1) is 17.4 Å². The topological polar surface area (TPSA) is 123 Å². The molecule has 1 heterocycles. The molecule has 0 aliphatic heterocycles. The third kappa shape index (κ3) is 5.34. The highest BCUT2D eigenvalue weighted by molar-refractivity contribution is 6.05. The number of anilines is 2. The monoisotopic (exact) mass is 482 g/mol. The average Bonchev–Trinajstić information content (AvgIpc) is 3.67. The number of hydrogen-bond acceptors (Lipinski definition) is 7. The van der Waals surface area contributed by atoms with Gasteiger partial charge in [0.25, 0.3) is 5.91 Å². The number of nitrogens with zero attached hydrogens (tertiary/aromatic N) is 4. The second kappa shape index (κ2) is 10.00. The minimum Gasteiger partial charge on any atom is -0.486 e. The molecule has 1 aliphatic rings. The molecule has 4 rings (SSSR count). The minimum absolute atomic E-state index is 0.0174. The van der Waals surface area contributed by atoms with Crippen LogP contribution in [0.3, 0.4) is 0 Å². The summed E-state index contributed by atoms with van der Waals surface area (Å²) < 4.78 is 34.9. The Balaban J connectivity index is 1.63. The number of nitrogens with two attached hydrogens (primary N) is 1. The third-order valence-corrected chi connectivity index (χ3v) is 5.79. The number of carbonyl (C=O) groups is 1. The molecule has 1 fully saturated rings. The first kappa shape index (κ1) is 24.0. The van der Waals surface area contributed by atoms with Crippen molar-refractivity contribution in [3.8, 4) is 17.0 Å². The lowest BCUT2D eigenvalue weighted by molar-refractivity contribution is 0.102. The normalized spacial score (nSPS) is 12.8. The first-order chi connectivity index (χ1) is 16.8. The molecule has 3 aromatic rings. The van der Waals surface area contributed by atoms with Gasteiger partial charge in [0.1, 0.15) is 30.3 Å². The fourth-order valence-corrected chi connectivity index (χ4v) is 3.67. The average molecular weight is 482 g/mol. The van der Waals surface area contributed by atoms with Crippen LogP contribution in [-0.4, -0.2) is 41.1 Å². The Morgan fingerprint density at radius 2 is 2.03 bits per heavy atom. The van der Waals surface area contributed by atoms with Gasteiger partial charge in [-0.1, -0.05) is 6.07 Å². The van der Waals surface area contributed by atoms with Gasteiger partial charge in [0.2, 0.25) is 0 Å². The third-order valence-electron chi connectivity index (χ3n) is 5.79. The van der Waals surface area contributed by atoms with Gasteiger partial charge in [-0.2, -0.15) is 0 Å². The molecule has 182 valence electrons. The molecule has 0 spiro atoms. The van der Waals surface area contributed by atoms with Gasteiger partial charge < -0.3 is 15.8 Å². The van der Waals surface area contributed by atoms with Crippen molar-refractivity contribution in [1.29, 1.82) is 0 Å². The predicted molar refractivity (Wildman–Crippen MR) is 127 cm³/mol. The Labute approximate surface area is 200 Å². The lowest BCUT2D eigenvalue weighted by Gasteiger charge is -2.17. The zero-order valence-corrected chi connectivity index (χ0v) is 19.2. The van der Waals surface area contributed by atoms with E-state index in [0.717, 1.165) is 29.5 Å². The number of aromatic nitrogens is 2. The molecule has 0 saturated heterocycles. The number of carbonyl (C=O) groups excluding carboxylic acids is 1. The zero-order valence-electron chi connectivity index (χ0n) is 19.2.